The second-order valence-electron chi connectivity index (χ2n) is 7.29. The third-order valence-corrected chi connectivity index (χ3v) is 5.27. The maximum absolute atomic E-state index is 4.53. The van der Waals surface area contributed by atoms with Crippen LogP contribution in [0.15, 0.2) is 142 Å². The molecule has 0 amide bonds. The Hall–Kier alpha value is -4.44. The largest absolute Gasteiger partial charge is 0.128 e. The first-order chi connectivity index (χ1) is 15.9. The molecule has 0 saturated carbocycles. The Bertz CT molecular complexity index is 1210. The van der Waals surface area contributed by atoms with Gasteiger partial charge >= 0.3 is 0 Å². The predicted octanol–water partition coefficient (Wildman–Crippen LogP) is 7.96. The highest BCUT2D eigenvalue weighted by atomic mass is 15.5. The Labute approximate surface area is 187 Å². The Morgan fingerprint density at radius 2 is 0.594 bits per heavy atom. The number of benzene rings is 4. The van der Waals surface area contributed by atoms with Gasteiger partial charge in [0.05, 0.1) is 0 Å². The molecule has 0 N–H and O–H groups in total. The topological polar surface area (TPSA) is 49.4 Å². The molecule has 0 bridgehead atoms. The normalized spacial score (nSPS) is 18.2. The summed E-state index contributed by atoms with van der Waals surface area (Å²) in [5.41, 5.74) is 7.43. The Balaban J connectivity index is 1.93. The number of hydrogen-bond donors (Lipinski definition) is 0. The van der Waals surface area contributed by atoms with Gasteiger partial charge in [-0.3, -0.25) is 0 Å². The quantitative estimate of drug-likeness (QED) is 0.326. The van der Waals surface area contributed by atoms with E-state index >= 15 is 0 Å². The summed E-state index contributed by atoms with van der Waals surface area (Å²) in [6.45, 7) is 0. The summed E-state index contributed by atoms with van der Waals surface area (Å²) in [5, 5.41) is 17.2. The monoisotopic (exact) mass is 412 g/mol. The van der Waals surface area contributed by atoms with Crippen LogP contribution in [0.4, 0.5) is 0 Å². The van der Waals surface area contributed by atoms with Gasteiger partial charge < -0.3 is 0 Å². The minimum atomic E-state index is 0.753. The molecule has 32 heavy (non-hydrogen) atoms. The molecule has 4 heteroatoms. The van der Waals surface area contributed by atoms with E-state index in [4.69, 9.17) is 0 Å². The van der Waals surface area contributed by atoms with Gasteiger partial charge in [0, 0.05) is 22.3 Å². The molecule has 4 aromatic carbocycles. The molecule has 0 spiro atoms. The predicted molar refractivity (Wildman–Crippen MR) is 129 cm³/mol. The molecule has 0 fully saturated rings. The average Bonchev–Trinajstić information content (AvgIpc) is 2.86. The van der Waals surface area contributed by atoms with Crippen molar-refractivity contribution in [2.45, 2.75) is 0 Å². The first kappa shape index (κ1) is 19.5. The molecule has 4 nitrogen and oxygen atoms in total. The van der Waals surface area contributed by atoms with Crippen molar-refractivity contribution in [1.82, 2.24) is 0 Å². The summed E-state index contributed by atoms with van der Waals surface area (Å²) < 4.78 is 0. The van der Waals surface area contributed by atoms with Crippen molar-refractivity contribution in [1.29, 1.82) is 0 Å². The molecule has 1 heterocycles. The van der Waals surface area contributed by atoms with Crippen LogP contribution in [-0.4, -0.2) is 0 Å². The summed E-state index contributed by atoms with van der Waals surface area (Å²) in [6.07, 6.45) is 0. The molecule has 1 aliphatic heterocycles. The highest BCUT2D eigenvalue weighted by Crippen LogP contribution is 2.43. The van der Waals surface area contributed by atoms with E-state index in [9.17, 15) is 0 Å². The van der Waals surface area contributed by atoms with Crippen LogP contribution in [-0.2, 0) is 0 Å². The SMILES string of the molecule is c1ccc(/C2=C(c3ccccc3)/C(c3ccccc3)=C(/c3ccccc3)N=NN=N2)cc1. The fourth-order valence-corrected chi connectivity index (χ4v) is 3.83. The van der Waals surface area contributed by atoms with Crippen LogP contribution in [0.25, 0.3) is 22.5 Å². The van der Waals surface area contributed by atoms with Gasteiger partial charge in [-0.2, -0.15) is 0 Å². The molecule has 152 valence electrons. The van der Waals surface area contributed by atoms with Crippen LogP contribution >= 0.6 is 0 Å². The lowest BCUT2D eigenvalue weighted by atomic mass is 9.86. The molecule has 0 unspecified atom stereocenters. The van der Waals surface area contributed by atoms with Gasteiger partial charge in [0.2, 0.25) is 0 Å². The zero-order valence-corrected chi connectivity index (χ0v) is 17.3. The number of allylic oxidation sites excluding steroid dienone is 2. The Kier molecular flexibility index (Phi) is 5.58. The van der Waals surface area contributed by atoms with Gasteiger partial charge in [-0.15, -0.1) is 10.2 Å². The Morgan fingerprint density at radius 3 is 0.906 bits per heavy atom. The van der Waals surface area contributed by atoms with Crippen LogP contribution in [0.3, 0.4) is 0 Å². The molecule has 4 aromatic rings. The number of rotatable bonds is 4. The summed E-state index contributed by atoms with van der Waals surface area (Å²) in [5.74, 6) is 0. The smallest absolute Gasteiger partial charge is 0.103 e. The zero-order valence-electron chi connectivity index (χ0n) is 17.3. The van der Waals surface area contributed by atoms with Crippen LogP contribution in [0.1, 0.15) is 22.3 Å². The first-order valence-electron chi connectivity index (χ1n) is 10.4. The molecule has 0 aromatic heterocycles. The van der Waals surface area contributed by atoms with Gasteiger partial charge in [-0.05, 0) is 21.6 Å². The summed E-state index contributed by atoms with van der Waals surface area (Å²) in [6, 6.07) is 40.7. The van der Waals surface area contributed by atoms with Crippen molar-refractivity contribution in [3.63, 3.8) is 0 Å². The molecular formula is C28H20N4. The minimum Gasteiger partial charge on any atom is -0.128 e. The van der Waals surface area contributed by atoms with Gasteiger partial charge in [0.1, 0.15) is 11.4 Å². The standard InChI is InChI=1S/C28H20N4/c1-5-13-21(14-6-1)25-26(22-15-7-2-8-16-22)28(24-19-11-4-12-20-24)30-32-31-29-27(25)23-17-9-3-10-18-23/h1-20H/b26-25?,27-25-,28-26-,29-27?,30-28?,31-29?,32-30?,32-31?. The van der Waals surface area contributed by atoms with E-state index in [1.54, 1.807) is 0 Å². The van der Waals surface area contributed by atoms with Crippen LogP contribution < -0.4 is 0 Å². The summed E-state index contributed by atoms with van der Waals surface area (Å²) >= 11 is 0. The van der Waals surface area contributed by atoms with Gasteiger partial charge in [-0.25, -0.2) is 0 Å². The van der Waals surface area contributed by atoms with Gasteiger partial charge in [0.15, 0.2) is 0 Å². The van der Waals surface area contributed by atoms with Gasteiger partial charge in [0.25, 0.3) is 0 Å². The summed E-state index contributed by atoms with van der Waals surface area (Å²) in [7, 11) is 0. The van der Waals surface area contributed by atoms with Crippen LogP contribution in [0.5, 0.6) is 0 Å². The average molecular weight is 412 g/mol. The number of hydrogen-bond acceptors (Lipinski definition) is 4. The minimum absolute atomic E-state index is 0.753. The molecular weight excluding hydrogens is 392 g/mol. The fraction of sp³-hybridized carbons (Fsp3) is 0. The van der Waals surface area contributed by atoms with Crippen molar-refractivity contribution in [3.8, 4) is 0 Å². The highest BCUT2D eigenvalue weighted by molar-refractivity contribution is 6.21. The third-order valence-electron chi connectivity index (χ3n) is 5.27. The van der Waals surface area contributed by atoms with Gasteiger partial charge in [-0.1, -0.05) is 121 Å². The lowest BCUT2D eigenvalue weighted by Gasteiger charge is -2.20. The van der Waals surface area contributed by atoms with E-state index in [-0.39, 0.29) is 0 Å². The molecule has 0 atom stereocenters. The Morgan fingerprint density at radius 1 is 0.312 bits per heavy atom. The van der Waals surface area contributed by atoms with E-state index < -0.39 is 0 Å². The van der Waals surface area contributed by atoms with E-state index in [0.29, 0.717) is 0 Å². The molecule has 0 aliphatic carbocycles. The lowest BCUT2D eigenvalue weighted by Crippen LogP contribution is -1.99. The fourth-order valence-electron chi connectivity index (χ4n) is 3.83. The van der Waals surface area contributed by atoms with E-state index in [0.717, 1.165) is 44.8 Å². The maximum atomic E-state index is 4.53. The first-order valence-corrected chi connectivity index (χ1v) is 10.4. The maximum Gasteiger partial charge on any atom is 0.103 e. The summed E-state index contributed by atoms with van der Waals surface area (Å²) in [4.78, 5) is 0. The molecule has 5 rings (SSSR count). The van der Waals surface area contributed by atoms with E-state index in [1.807, 2.05) is 97.1 Å². The van der Waals surface area contributed by atoms with Crippen molar-refractivity contribution in [3.05, 3.63) is 144 Å². The molecule has 1 aliphatic rings. The van der Waals surface area contributed by atoms with Crippen molar-refractivity contribution in [2.75, 3.05) is 0 Å². The second kappa shape index (κ2) is 9.14. The third kappa shape index (κ3) is 3.94. The second-order valence-corrected chi connectivity index (χ2v) is 7.29. The molecule has 0 saturated heterocycles. The highest BCUT2D eigenvalue weighted by Gasteiger charge is 2.23. The molecule has 0 radical (unpaired) electrons. The van der Waals surface area contributed by atoms with E-state index in [1.165, 1.54) is 0 Å². The van der Waals surface area contributed by atoms with Crippen molar-refractivity contribution in [2.24, 2.45) is 20.7 Å². The lowest BCUT2D eigenvalue weighted by molar-refractivity contribution is 0.963. The zero-order chi connectivity index (χ0) is 21.6. The van der Waals surface area contributed by atoms with E-state index in [2.05, 4.69) is 44.9 Å². The van der Waals surface area contributed by atoms with Crippen LogP contribution in [0, 0.1) is 0 Å². The number of nitrogens with zero attached hydrogens (tertiary/aromatic N) is 4. The van der Waals surface area contributed by atoms with Crippen LogP contribution in [0.2, 0.25) is 0 Å². The van der Waals surface area contributed by atoms with Crippen molar-refractivity contribution >= 4 is 22.5 Å². The van der Waals surface area contributed by atoms with Crippen molar-refractivity contribution < 1.29 is 0 Å².